The van der Waals surface area contributed by atoms with Gasteiger partial charge in [-0.2, -0.15) is 0 Å². The molecule has 1 aromatic carbocycles. The van der Waals surface area contributed by atoms with Crippen molar-refractivity contribution in [3.8, 4) is 0 Å². The lowest BCUT2D eigenvalue weighted by Gasteiger charge is -2.34. The van der Waals surface area contributed by atoms with Gasteiger partial charge in [0.25, 0.3) is 0 Å². The normalized spacial score (nSPS) is 17.7. The molecule has 0 aliphatic carbocycles. The standard InChI is InChI=1S/C16H25FN4O2/c1-19-7-9-21(10-8-19)12-13(22)11-20(2)16(23)18-15-6-4-3-5-14(15)17/h3-6,13,22H,7-12H2,1-2H3,(H,18,23)/t13-/m0/s1. The lowest BCUT2D eigenvalue weighted by atomic mass is 10.2. The maximum atomic E-state index is 13.5. The number of aliphatic hydroxyl groups excluding tert-OH is 1. The Hall–Kier alpha value is -1.70. The van der Waals surface area contributed by atoms with Gasteiger partial charge < -0.3 is 20.2 Å². The van der Waals surface area contributed by atoms with Crippen molar-refractivity contribution in [1.82, 2.24) is 14.7 Å². The average molecular weight is 324 g/mol. The summed E-state index contributed by atoms with van der Waals surface area (Å²) in [5.41, 5.74) is 0.137. The van der Waals surface area contributed by atoms with Crippen LogP contribution in [0.25, 0.3) is 0 Å². The summed E-state index contributed by atoms with van der Waals surface area (Å²) in [5.74, 6) is -0.479. The van der Waals surface area contributed by atoms with Crippen molar-refractivity contribution in [2.45, 2.75) is 6.10 Å². The van der Waals surface area contributed by atoms with E-state index in [9.17, 15) is 14.3 Å². The number of carbonyl (C=O) groups is 1. The molecule has 6 nitrogen and oxygen atoms in total. The van der Waals surface area contributed by atoms with E-state index in [1.54, 1.807) is 19.2 Å². The highest BCUT2D eigenvalue weighted by Crippen LogP contribution is 2.13. The molecule has 2 N–H and O–H groups in total. The van der Waals surface area contributed by atoms with Crippen LogP contribution >= 0.6 is 0 Å². The lowest BCUT2D eigenvalue weighted by Crippen LogP contribution is -2.49. The van der Waals surface area contributed by atoms with Crippen molar-refractivity contribution >= 4 is 11.7 Å². The van der Waals surface area contributed by atoms with Crippen molar-refractivity contribution < 1.29 is 14.3 Å². The first kappa shape index (κ1) is 17.7. The number of rotatable bonds is 5. The molecule has 0 spiro atoms. The van der Waals surface area contributed by atoms with Crippen LogP contribution < -0.4 is 5.32 Å². The Morgan fingerprint density at radius 1 is 1.35 bits per heavy atom. The minimum atomic E-state index is -0.630. The topological polar surface area (TPSA) is 59.1 Å². The van der Waals surface area contributed by atoms with E-state index in [0.29, 0.717) is 6.54 Å². The predicted molar refractivity (Wildman–Crippen MR) is 88.0 cm³/mol. The number of para-hydroxylation sites is 1. The zero-order chi connectivity index (χ0) is 16.8. The number of β-amino-alcohol motifs (C(OH)–C–C–N with tert-alkyl or cyclic N) is 1. The van der Waals surface area contributed by atoms with Crippen molar-refractivity contribution in [2.24, 2.45) is 0 Å². The highest BCUT2D eigenvalue weighted by atomic mass is 19.1. The van der Waals surface area contributed by atoms with Crippen molar-refractivity contribution in [1.29, 1.82) is 0 Å². The van der Waals surface area contributed by atoms with Crippen molar-refractivity contribution in [3.63, 3.8) is 0 Å². The number of carbonyl (C=O) groups excluding carboxylic acids is 1. The van der Waals surface area contributed by atoms with Gasteiger partial charge in [-0.15, -0.1) is 0 Å². The molecule has 0 bridgehead atoms. The van der Waals surface area contributed by atoms with Gasteiger partial charge in [0.05, 0.1) is 11.8 Å². The molecule has 1 aliphatic rings. The Morgan fingerprint density at radius 3 is 2.65 bits per heavy atom. The molecular formula is C16H25FN4O2. The summed E-state index contributed by atoms with van der Waals surface area (Å²) >= 11 is 0. The summed E-state index contributed by atoms with van der Waals surface area (Å²) in [6.45, 7) is 4.53. The van der Waals surface area contributed by atoms with Crippen LogP contribution in [0.4, 0.5) is 14.9 Å². The zero-order valence-corrected chi connectivity index (χ0v) is 13.7. The third-order valence-electron chi connectivity index (χ3n) is 4.01. The minimum absolute atomic E-state index is 0.137. The molecule has 0 aromatic heterocycles. The Bertz CT molecular complexity index is 521. The van der Waals surface area contributed by atoms with Crippen LogP contribution in [0.5, 0.6) is 0 Å². The second-order valence-corrected chi connectivity index (χ2v) is 6.05. The fourth-order valence-electron chi connectivity index (χ4n) is 2.56. The van der Waals surface area contributed by atoms with Gasteiger partial charge in [-0.1, -0.05) is 12.1 Å². The van der Waals surface area contributed by atoms with E-state index in [2.05, 4.69) is 22.2 Å². The number of hydrogen-bond donors (Lipinski definition) is 2. The van der Waals surface area contributed by atoms with Gasteiger partial charge in [0, 0.05) is 46.3 Å². The lowest BCUT2D eigenvalue weighted by molar-refractivity contribution is 0.0670. The van der Waals surface area contributed by atoms with Gasteiger partial charge in [0.1, 0.15) is 5.82 Å². The molecule has 2 amide bonds. The first-order chi connectivity index (χ1) is 11.0. The van der Waals surface area contributed by atoms with Crippen molar-refractivity contribution in [2.75, 3.05) is 58.7 Å². The quantitative estimate of drug-likeness (QED) is 0.845. The summed E-state index contributed by atoms with van der Waals surface area (Å²) in [6.07, 6.45) is -0.630. The second-order valence-electron chi connectivity index (χ2n) is 6.05. The van der Waals surface area contributed by atoms with Crippen LogP contribution in [0, 0.1) is 5.82 Å². The first-order valence-electron chi connectivity index (χ1n) is 7.81. The minimum Gasteiger partial charge on any atom is -0.390 e. The van der Waals surface area contributed by atoms with Gasteiger partial charge in [0.15, 0.2) is 0 Å². The van der Waals surface area contributed by atoms with E-state index in [1.165, 1.54) is 17.0 Å². The molecule has 1 fully saturated rings. The number of amides is 2. The second kappa shape index (κ2) is 8.24. The van der Waals surface area contributed by atoms with E-state index in [-0.39, 0.29) is 12.2 Å². The van der Waals surface area contributed by atoms with E-state index in [1.807, 2.05) is 0 Å². The Kier molecular flexibility index (Phi) is 6.32. The SMILES string of the molecule is CN1CCN(C[C@@H](O)CN(C)C(=O)Nc2ccccc2F)CC1. The Balaban J connectivity index is 1.77. The summed E-state index contributed by atoms with van der Waals surface area (Å²) in [7, 11) is 3.66. The molecule has 1 aliphatic heterocycles. The Morgan fingerprint density at radius 2 is 2.00 bits per heavy atom. The van der Waals surface area contributed by atoms with E-state index < -0.39 is 18.0 Å². The molecule has 128 valence electrons. The number of hydrogen-bond acceptors (Lipinski definition) is 4. The van der Waals surface area contributed by atoms with E-state index >= 15 is 0 Å². The highest BCUT2D eigenvalue weighted by molar-refractivity contribution is 5.89. The molecule has 2 rings (SSSR count). The summed E-state index contributed by atoms with van der Waals surface area (Å²) in [6, 6.07) is 5.57. The largest absolute Gasteiger partial charge is 0.390 e. The molecule has 1 atom stereocenters. The number of piperazine rings is 1. The van der Waals surface area contributed by atoms with E-state index in [0.717, 1.165) is 26.2 Å². The maximum Gasteiger partial charge on any atom is 0.321 e. The predicted octanol–water partition coefficient (Wildman–Crippen LogP) is 0.898. The molecule has 7 heteroatoms. The van der Waals surface area contributed by atoms with Crippen LogP contribution in [0.1, 0.15) is 0 Å². The van der Waals surface area contributed by atoms with Crippen LogP contribution in [-0.2, 0) is 0 Å². The monoisotopic (exact) mass is 324 g/mol. The third kappa shape index (κ3) is 5.46. The average Bonchev–Trinajstić information content (AvgIpc) is 2.51. The number of urea groups is 1. The van der Waals surface area contributed by atoms with Gasteiger partial charge in [-0.25, -0.2) is 9.18 Å². The smallest absolute Gasteiger partial charge is 0.321 e. The molecule has 1 heterocycles. The first-order valence-corrected chi connectivity index (χ1v) is 7.81. The fourth-order valence-corrected chi connectivity index (χ4v) is 2.56. The number of likely N-dealkylation sites (N-methyl/N-ethyl adjacent to an activating group) is 2. The molecule has 1 aromatic rings. The molecular weight excluding hydrogens is 299 g/mol. The van der Waals surface area contributed by atoms with Gasteiger partial charge >= 0.3 is 6.03 Å². The number of nitrogens with one attached hydrogen (secondary N) is 1. The molecule has 0 radical (unpaired) electrons. The third-order valence-corrected chi connectivity index (χ3v) is 4.01. The highest BCUT2D eigenvalue weighted by Gasteiger charge is 2.20. The molecule has 0 saturated carbocycles. The fraction of sp³-hybridized carbons (Fsp3) is 0.562. The van der Waals surface area contributed by atoms with Crippen molar-refractivity contribution in [3.05, 3.63) is 30.1 Å². The number of benzene rings is 1. The van der Waals surface area contributed by atoms with Crippen LogP contribution in [0.3, 0.4) is 0 Å². The van der Waals surface area contributed by atoms with Gasteiger partial charge in [-0.05, 0) is 19.2 Å². The molecule has 23 heavy (non-hydrogen) atoms. The summed E-state index contributed by atoms with van der Waals surface area (Å²) < 4.78 is 13.5. The number of nitrogens with zero attached hydrogens (tertiary/aromatic N) is 3. The summed E-state index contributed by atoms with van der Waals surface area (Å²) in [4.78, 5) is 17.9. The van der Waals surface area contributed by atoms with Crippen LogP contribution in [0.15, 0.2) is 24.3 Å². The maximum absolute atomic E-state index is 13.5. The number of halogens is 1. The van der Waals surface area contributed by atoms with Crippen LogP contribution in [0.2, 0.25) is 0 Å². The zero-order valence-electron chi connectivity index (χ0n) is 13.7. The van der Waals surface area contributed by atoms with Gasteiger partial charge in [-0.3, -0.25) is 4.90 Å². The molecule has 0 unspecified atom stereocenters. The van der Waals surface area contributed by atoms with Gasteiger partial charge in [0.2, 0.25) is 0 Å². The Labute approximate surface area is 136 Å². The number of anilines is 1. The van der Waals surface area contributed by atoms with E-state index in [4.69, 9.17) is 0 Å². The molecule has 1 saturated heterocycles. The summed E-state index contributed by atoms with van der Waals surface area (Å²) in [5, 5.41) is 12.7. The van der Waals surface area contributed by atoms with Crippen LogP contribution in [-0.4, -0.2) is 85.3 Å². The number of aliphatic hydroxyl groups is 1.